The number of carbonyl (C=O) groups is 1. The Hall–Kier alpha value is -2.11. The van der Waals surface area contributed by atoms with Crippen LogP contribution in [0.2, 0.25) is 5.02 Å². The standard InChI is InChI=1S/C22H21ClN2O2S/c1-2-10-25-21(27)18-9-8-17(23)12-19(18)24-22(25)28-13-20(26)16-7-6-14-4-3-5-15(14)11-16/h6-9,11-12H,2-5,10,13H2,1H3. The minimum atomic E-state index is -0.0870. The summed E-state index contributed by atoms with van der Waals surface area (Å²) < 4.78 is 1.66. The molecule has 6 heteroatoms. The Bertz CT molecular complexity index is 1120. The van der Waals surface area contributed by atoms with Crippen molar-refractivity contribution in [1.29, 1.82) is 0 Å². The fourth-order valence-electron chi connectivity index (χ4n) is 3.66. The topological polar surface area (TPSA) is 52.0 Å². The van der Waals surface area contributed by atoms with Crippen LogP contribution in [0.5, 0.6) is 0 Å². The summed E-state index contributed by atoms with van der Waals surface area (Å²) in [7, 11) is 0. The van der Waals surface area contributed by atoms with E-state index in [1.54, 1.807) is 22.8 Å². The van der Waals surface area contributed by atoms with Gasteiger partial charge in [0, 0.05) is 17.1 Å². The van der Waals surface area contributed by atoms with E-state index >= 15 is 0 Å². The summed E-state index contributed by atoms with van der Waals surface area (Å²) >= 11 is 7.39. The van der Waals surface area contributed by atoms with Crippen LogP contribution in [0.3, 0.4) is 0 Å². The number of aromatic nitrogens is 2. The first-order chi connectivity index (χ1) is 13.6. The molecule has 0 N–H and O–H groups in total. The zero-order valence-electron chi connectivity index (χ0n) is 15.7. The molecule has 28 heavy (non-hydrogen) atoms. The number of rotatable bonds is 6. The maximum absolute atomic E-state index is 12.9. The van der Waals surface area contributed by atoms with Gasteiger partial charge in [0.15, 0.2) is 10.9 Å². The van der Waals surface area contributed by atoms with Crippen LogP contribution >= 0.6 is 23.4 Å². The lowest BCUT2D eigenvalue weighted by molar-refractivity contribution is 0.102. The van der Waals surface area contributed by atoms with Gasteiger partial charge in [0.1, 0.15) is 0 Å². The number of nitrogens with zero attached hydrogens (tertiary/aromatic N) is 2. The molecule has 4 nitrogen and oxygen atoms in total. The number of hydrogen-bond donors (Lipinski definition) is 0. The fourth-order valence-corrected chi connectivity index (χ4v) is 4.75. The van der Waals surface area contributed by atoms with Crippen LogP contribution in [0.1, 0.15) is 41.3 Å². The number of fused-ring (bicyclic) bond motifs is 2. The minimum absolute atomic E-state index is 0.0585. The lowest BCUT2D eigenvalue weighted by atomic mass is 10.0. The van der Waals surface area contributed by atoms with Crippen molar-refractivity contribution in [2.75, 3.05) is 5.75 Å². The van der Waals surface area contributed by atoms with Crippen molar-refractivity contribution in [2.24, 2.45) is 0 Å². The smallest absolute Gasteiger partial charge is 0.262 e. The quantitative estimate of drug-likeness (QED) is 0.327. The highest BCUT2D eigenvalue weighted by molar-refractivity contribution is 7.99. The number of ketones is 1. The van der Waals surface area contributed by atoms with Crippen molar-refractivity contribution in [3.05, 3.63) is 68.5 Å². The molecule has 0 radical (unpaired) electrons. The van der Waals surface area contributed by atoms with Gasteiger partial charge >= 0.3 is 0 Å². The second-order valence-electron chi connectivity index (χ2n) is 7.06. The van der Waals surface area contributed by atoms with Gasteiger partial charge < -0.3 is 0 Å². The van der Waals surface area contributed by atoms with Crippen molar-refractivity contribution < 1.29 is 4.79 Å². The molecule has 144 valence electrons. The Kier molecular flexibility index (Phi) is 5.56. The Balaban J connectivity index is 1.62. The molecule has 0 saturated heterocycles. The number of hydrogen-bond acceptors (Lipinski definition) is 4. The molecule has 0 atom stereocenters. The van der Waals surface area contributed by atoms with Crippen molar-refractivity contribution in [2.45, 2.75) is 44.3 Å². The van der Waals surface area contributed by atoms with Gasteiger partial charge in [-0.15, -0.1) is 0 Å². The van der Waals surface area contributed by atoms with Gasteiger partial charge in [-0.3, -0.25) is 14.2 Å². The summed E-state index contributed by atoms with van der Waals surface area (Å²) in [4.78, 5) is 30.2. The van der Waals surface area contributed by atoms with Crippen molar-refractivity contribution in [3.8, 4) is 0 Å². The number of Topliss-reactive ketones (excluding diaryl/α,β-unsaturated/α-hetero) is 1. The first kappa shape index (κ1) is 19.2. The fraction of sp³-hybridized carbons (Fsp3) is 0.318. The second-order valence-corrected chi connectivity index (χ2v) is 8.44. The molecule has 1 aromatic heterocycles. The maximum atomic E-state index is 12.9. The van der Waals surface area contributed by atoms with Gasteiger partial charge in [0.05, 0.1) is 16.7 Å². The first-order valence-corrected chi connectivity index (χ1v) is 10.9. The molecule has 0 spiro atoms. The van der Waals surface area contributed by atoms with Crippen LogP contribution in [0, 0.1) is 0 Å². The highest BCUT2D eigenvalue weighted by Crippen LogP contribution is 2.25. The van der Waals surface area contributed by atoms with E-state index in [0.29, 0.717) is 27.6 Å². The van der Waals surface area contributed by atoms with E-state index in [0.717, 1.165) is 31.2 Å². The number of thioether (sulfide) groups is 1. The minimum Gasteiger partial charge on any atom is -0.293 e. The number of halogens is 1. The Morgan fingerprint density at radius 2 is 2.00 bits per heavy atom. The summed E-state index contributed by atoms with van der Waals surface area (Å²) in [5.41, 5.74) is 3.86. The van der Waals surface area contributed by atoms with E-state index < -0.39 is 0 Å². The highest BCUT2D eigenvalue weighted by atomic mass is 35.5. The first-order valence-electron chi connectivity index (χ1n) is 9.54. The average Bonchev–Trinajstić information content (AvgIpc) is 3.16. The summed E-state index contributed by atoms with van der Waals surface area (Å²) in [5, 5.41) is 1.65. The molecule has 1 aliphatic carbocycles. The molecular weight excluding hydrogens is 392 g/mol. The molecule has 0 fully saturated rings. The highest BCUT2D eigenvalue weighted by Gasteiger charge is 2.16. The number of aryl methyl sites for hydroxylation is 2. The van der Waals surface area contributed by atoms with E-state index in [1.165, 1.54) is 22.9 Å². The normalized spacial score (nSPS) is 13.1. The average molecular weight is 413 g/mol. The Labute approximate surface area is 172 Å². The predicted octanol–water partition coefficient (Wildman–Crippen LogP) is 4.92. The third kappa shape index (κ3) is 3.74. The van der Waals surface area contributed by atoms with Crippen LogP contribution in [0.15, 0.2) is 46.3 Å². The van der Waals surface area contributed by atoms with Crippen molar-refractivity contribution in [3.63, 3.8) is 0 Å². The molecule has 0 aliphatic heterocycles. The monoisotopic (exact) mass is 412 g/mol. The van der Waals surface area contributed by atoms with Gasteiger partial charge in [-0.1, -0.05) is 42.4 Å². The van der Waals surface area contributed by atoms with Crippen LogP contribution in [0.4, 0.5) is 0 Å². The van der Waals surface area contributed by atoms with Gasteiger partial charge in [0.25, 0.3) is 5.56 Å². The number of benzene rings is 2. The largest absolute Gasteiger partial charge is 0.293 e. The number of carbonyl (C=O) groups excluding carboxylic acids is 1. The molecule has 0 saturated carbocycles. The predicted molar refractivity (Wildman–Crippen MR) is 115 cm³/mol. The molecule has 4 rings (SSSR count). The molecule has 0 unspecified atom stereocenters. The second kappa shape index (κ2) is 8.10. The van der Waals surface area contributed by atoms with Gasteiger partial charge in [-0.2, -0.15) is 0 Å². The van der Waals surface area contributed by atoms with Gasteiger partial charge in [0.2, 0.25) is 0 Å². The molecule has 3 aromatic rings. The molecule has 1 heterocycles. The lowest BCUT2D eigenvalue weighted by Crippen LogP contribution is -2.23. The summed E-state index contributed by atoms with van der Waals surface area (Å²) in [6.45, 7) is 2.59. The van der Waals surface area contributed by atoms with Crippen molar-refractivity contribution >= 4 is 40.0 Å². The van der Waals surface area contributed by atoms with Crippen LogP contribution in [-0.4, -0.2) is 21.1 Å². The van der Waals surface area contributed by atoms with Crippen LogP contribution < -0.4 is 5.56 Å². The van der Waals surface area contributed by atoms with E-state index in [4.69, 9.17) is 11.6 Å². The van der Waals surface area contributed by atoms with Crippen molar-refractivity contribution in [1.82, 2.24) is 9.55 Å². The molecule has 0 amide bonds. The lowest BCUT2D eigenvalue weighted by Gasteiger charge is -2.12. The van der Waals surface area contributed by atoms with Crippen LogP contribution in [-0.2, 0) is 19.4 Å². The van der Waals surface area contributed by atoms with E-state index in [2.05, 4.69) is 11.1 Å². The molecule has 2 aromatic carbocycles. The van der Waals surface area contributed by atoms with Gasteiger partial charge in [-0.05, 0) is 61.1 Å². The third-order valence-electron chi connectivity index (χ3n) is 5.08. The van der Waals surface area contributed by atoms with E-state index in [-0.39, 0.29) is 17.1 Å². The zero-order valence-corrected chi connectivity index (χ0v) is 17.3. The Morgan fingerprint density at radius 1 is 1.18 bits per heavy atom. The van der Waals surface area contributed by atoms with E-state index in [1.807, 2.05) is 19.1 Å². The maximum Gasteiger partial charge on any atom is 0.262 e. The summed E-state index contributed by atoms with van der Waals surface area (Å²) in [5.74, 6) is 0.310. The van der Waals surface area contributed by atoms with Crippen LogP contribution in [0.25, 0.3) is 10.9 Å². The summed E-state index contributed by atoms with van der Waals surface area (Å²) in [6.07, 6.45) is 4.12. The molecule has 1 aliphatic rings. The zero-order chi connectivity index (χ0) is 19.7. The molecular formula is C22H21ClN2O2S. The van der Waals surface area contributed by atoms with Gasteiger partial charge in [-0.25, -0.2) is 4.98 Å². The SMILES string of the molecule is CCCn1c(SCC(=O)c2ccc3c(c2)CCC3)nc2cc(Cl)ccc2c1=O. The van der Waals surface area contributed by atoms with E-state index in [9.17, 15) is 9.59 Å². The Morgan fingerprint density at radius 3 is 2.82 bits per heavy atom. The molecule has 0 bridgehead atoms. The third-order valence-corrected chi connectivity index (χ3v) is 6.29. The summed E-state index contributed by atoms with van der Waals surface area (Å²) in [6, 6.07) is 11.1.